The van der Waals surface area contributed by atoms with Crippen molar-refractivity contribution in [1.82, 2.24) is 13.8 Å². The average Bonchev–Trinajstić information content (AvgIpc) is 3.31. The molecule has 0 N–H and O–H groups in total. The summed E-state index contributed by atoms with van der Waals surface area (Å²) in [5.74, 6) is -0.184. The van der Waals surface area contributed by atoms with Crippen LogP contribution >= 0.6 is 0 Å². The Balaban J connectivity index is 1.46. The second kappa shape index (κ2) is 9.65. The molecule has 2 aromatic carbocycles. The van der Waals surface area contributed by atoms with Crippen molar-refractivity contribution < 1.29 is 22.9 Å². The first-order valence-electron chi connectivity index (χ1n) is 10.6. The molecule has 3 aromatic rings. The summed E-state index contributed by atoms with van der Waals surface area (Å²) in [5, 5.41) is 11.3. The average molecular weight is 485 g/mol. The van der Waals surface area contributed by atoms with Crippen LogP contribution in [0.15, 0.2) is 71.8 Å². The zero-order valence-electron chi connectivity index (χ0n) is 18.5. The normalized spacial score (nSPS) is 14.7. The predicted molar refractivity (Wildman–Crippen MR) is 124 cm³/mol. The molecule has 2 heterocycles. The highest BCUT2D eigenvalue weighted by Gasteiger charge is 2.32. The summed E-state index contributed by atoms with van der Waals surface area (Å²) in [7, 11) is -2.68. The van der Waals surface area contributed by atoms with Crippen molar-refractivity contribution in [2.75, 3.05) is 33.3 Å². The molecule has 1 fully saturated rings. The lowest BCUT2D eigenvalue weighted by atomic mass is 10.2. The Labute approximate surface area is 197 Å². The van der Waals surface area contributed by atoms with Gasteiger partial charge in [-0.1, -0.05) is 30.3 Å². The summed E-state index contributed by atoms with van der Waals surface area (Å²) in [5.41, 5.74) is 1.18. The van der Waals surface area contributed by atoms with E-state index in [-0.39, 0.29) is 42.7 Å². The molecule has 1 aromatic heterocycles. The highest BCUT2D eigenvalue weighted by atomic mass is 32.2. The maximum absolute atomic E-state index is 13.1. The van der Waals surface area contributed by atoms with Gasteiger partial charge in [0.15, 0.2) is 5.75 Å². The molecule has 1 aliphatic rings. The van der Waals surface area contributed by atoms with Crippen LogP contribution in [0, 0.1) is 10.1 Å². The summed E-state index contributed by atoms with van der Waals surface area (Å²) in [6, 6.07) is 16.9. The summed E-state index contributed by atoms with van der Waals surface area (Å²) < 4.78 is 34.2. The molecule has 0 saturated carbocycles. The van der Waals surface area contributed by atoms with Gasteiger partial charge in [-0.25, -0.2) is 8.42 Å². The quantitative estimate of drug-likeness (QED) is 0.376. The first-order chi connectivity index (χ1) is 16.3. The lowest BCUT2D eigenvalue weighted by molar-refractivity contribution is -0.386. The van der Waals surface area contributed by atoms with Gasteiger partial charge >= 0.3 is 5.69 Å². The fourth-order valence-electron chi connectivity index (χ4n) is 3.94. The van der Waals surface area contributed by atoms with Crippen LogP contribution in [0.2, 0.25) is 0 Å². The third-order valence-corrected chi connectivity index (χ3v) is 7.65. The number of carbonyl (C=O) groups excluding carboxylic acids is 1. The minimum Gasteiger partial charge on any atom is -0.490 e. The number of nitrogens with zero attached hydrogens (tertiary/aromatic N) is 4. The first-order valence-corrected chi connectivity index (χ1v) is 12.1. The van der Waals surface area contributed by atoms with Gasteiger partial charge in [0.2, 0.25) is 10.0 Å². The van der Waals surface area contributed by atoms with Gasteiger partial charge in [0.05, 0.1) is 16.9 Å². The Morgan fingerprint density at radius 3 is 2.38 bits per heavy atom. The number of nitro groups is 1. The van der Waals surface area contributed by atoms with Crippen LogP contribution < -0.4 is 4.74 Å². The summed E-state index contributed by atoms with van der Waals surface area (Å²) in [4.78, 5) is 25.2. The molecule has 1 aliphatic heterocycles. The van der Waals surface area contributed by atoms with Crippen molar-refractivity contribution in [2.24, 2.45) is 0 Å². The Morgan fingerprint density at radius 2 is 1.74 bits per heavy atom. The van der Waals surface area contributed by atoms with Gasteiger partial charge in [-0.05, 0) is 29.8 Å². The monoisotopic (exact) mass is 484 g/mol. The number of hydrogen-bond acceptors (Lipinski definition) is 6. The second-order valence-corrected chi connectivity index (χ2v) is 9.73. The fraction of sp³-hybridized carbons (Fsp3) is 0.261. The number of benzene rings is 2. The van der Waals surface area contributed by atoms with Crippen molar-refractivity contribution in [2.45, 2.75) is 11.4 Å². The van der Waals surface area contributed by atoms with Crippen molar-refractivity contribution in [1.29, 1.82) is 0 Å². The number of rotatable bonds is 7. The van der Waals surface area contributed by atoms with Gasteiger partial charge in [0.1, 0.15) is 5.69 Å². The Bertz CT molecular complexity index is 1300. The minimum atomic E-state index is -3.96. The van der Waals surface area contributed by atoms with Crippen molar-refractivity contribution >= 4 is 21.6 Å². The van der Waals surface area contributed by atoms with Crippen LogP contribution in [-0.4, -0.2) is 66.3 Å². The number of nitro benzene ring substituents is 1. The molecule has 0 unspecified atom stereocenters. The lowest BCUT2D eigenvalue weighted by Gasteiger charge is -2.34. The molecule has 34 heavy (non-hydrogen) atoms. The van der Waals surface area contributed by atoms with Gasteiger partial charge in [-0.3, -0.25) is 14.9 Å². The van der Waals surface area contributed by atoms with Gasteiger partial charge in [0, 0.05) is 45.0 Å². The molecule has 0 radical (unpaired) electrons. The largest absolute Gasteiger partial charge is 0.490 e. The number of piperazine rings is 1. The molecule has 178 valence electrons. The van der Waals surface area contributed by atoms with Gasteiger partial charge in [0.25, 0.3) is 5.91 Å². The lowest BCUT2D eigenvalue weighted by Crippen LogP contribution is -2.50. The van der Waals surface area contributed by atoms with E-state index < -0.39 is 20.6 Å². The summed E-state index contributed by atoms with van der Waals surface area (Å²) >= 11 is 0. The third-order valence-electron chi connectivity index (χ3n) is 5.76. The second-order valence-electron chi connectivity index (χ2n) is 7.79. The molecule has 11 heteroatoms. The number of carbonyl (C=O) groups is 1. The van der Waals surface area contributed by atoms with E-state index in [9.17, 15) is 23.3 Å². The molecular formula is C23H24N4O6S. The molecule has 1 amide bonds. The Kier molecular flexibility index (Phi) is 6.66. The zero-order valence-corrected chi connectivity index (χ0v) is 19.3. The number of amides is 1. The van der Waals surface area contributed by atoms with E-state index in [1.807, 2.05) is 47.2 Å². The molecular weight excluding hydrogens is 460 g/mol. The Morgan fingerprint density at radius 1 is 1.03 bits per heavy atom. The molecule has 10 nitrogen and oxygen atoms in total. The molecule has 0 bridgehead atoms. The molecule has 1 saturated heterocycles. The minimum absolute atomic E-state index is 0.0159. The number of sulfonamides is 1. The maximum atomic E-state index is 13.1. The fourth-order valence-corrected chi connectivity index (χ4v) is 5.38. The molecule has 4 rings (SSSR count). The first kappa shape index (κ1) is 23.5. The topological polar surface area (TPSA) is 115 Å². The van der Waals surface area contributed by atoms with Crippen LogP contribution in [0.25, 0.3) is 0 Å². The smallest absolute Gasteiger partial charge is 0.312 e. The van der Waals surface area contributed by atoms with E-state index in [1.54, 1.807) is 11.0 Å². The van der Waals surface area contributed by atoms with Crippen LogP contribution in [0.1, 0.15) is 16.1 Å². The molecule has 0 aliphatic carbocycles. The number of hydrogen-bond donors (Lipinski definition) is 0. The Hall–Kier alpha value is -3.70. The van der Waals surface area contributed by atoms with Crippen molar-refractivity contribution in [3.05, 3.63) is 88.2 Å². The van der Waals surface area contributed by atoms with Crippen LogP contribution in [-0.2, 0) is 16.6 Å². The van der Waals surface area contributed by atoms with Crippen LogP contribution in [0.4, 0.5) is 5.69 Å². The zero-order chi connectivity index (χ0) is 24.3. The molecule has 0 spiro atoms. The van der Waals surface area contributed by atoms with Crippen molar-refractivity contribution in [3.8, 4) is 5.75 Å². The van der Waals surface area contributed by atoms with Crippen LogP contribution in [0.5, 0.6) is 5.75 Å². The van der Waals surface area contributed by atoms with E-state index in [0.29, 0.717) is 12.2 Å². The van der Waals surface area contributed by atoms with E-state index in [4.69, 9.17) is 4.74 Å². The van der Waals surface area contributed by atoms with E-state index in [2.05, 4.69) is 0 Å². The van der Waals surface area contributed by atoms with E-state index in [1.165, 1.54) is 23.5 Å². The van der Waals surface area contributed by atoms with Gasteiger partial charge in [-0.2, -0.15) is 4.31 Å². The predicted octanol–water partition coefficient (Wildman–Crippen LogP) is 2.60. The van der Waals surface area contributed by atoms with Gasteiger partial charge < -0.3 is 14.2 Å². The highest BCUT2D eigenvalue weighted by Crippen LogP contribution is 2.31. The van der Waals surface area contributed by atoms with E-state index in [0.717, 1.165) is 11.6 Å². The third kappa shape index (κ3) is 4.66. The molecule has 0 atom stereocenters. The number of aromatic nitrogens is 1. The van der Waals surface area contributed by atoms with Gasteiger partial charge in [-0.15, -0.1) is 0 Å². The highest BCUT2D eigenvalue weighted by molar-refractivity contribution is 7.89. The summed E-state index contributed by atoms with van der Waals surface area (Å²) in [6.07, 6.45) is 1.84. The SMILES string of the molecule is COc1ccc(S(=O)(=O)N2CCN(C(=O)c3cccn3Cc3ccccc3)CC2)cc1[N+](=O)[O-]. The number of methoxy groups -OCH3 is 1. The number of ether oxygens (including phenoxy) is 1. The van der Waals surface area contributed by atoms with E-state index >= 15 is 0 Å². The van der Waals surface area contributed by atoms with Crippen LogP contribution in [0.3, 0.4) is 0 Å². The van der Waals surface area contributed by atoms with Crippen molar-refractivity contribution in [3.63, 3.8) is 0 Å². The maximum Gasteiger partial charge on any atom is 0.312 e. The standard InChI is InChI=1S/C23H24N4O6S/c1-33-22-10-9-19(16-21(22)27(29)30)34(31,32)26-14-12-24(13-15-26)23(28)20-8-5-11-25(20)17-18-6-3-2-4-7-18/h2-11,16H,12-15,17H2,1H3. The summed E-state index contributed by atoms with van der Waals surface area (Å²) in [6.45, 7) is 1.17.